The van der Waals surface area contributed by atoms with Gasteiger partial charge in [-0.25, -0.2) is 0 Å². The second kappa shape index (κ2) is 5.44. The van der Waals surface area contributed by atoms with Gasteiger partial charge in [0.25, 0.3) is 0 Å². The predicted octanol–water partition coefficient (Wildman–Crippen LogP) is 4.46. The standard InChI is InChI=1S/C17H14N2S/c1-19-15-10-6-5-9-14(15)16(17(19)20-12-11-18)13-7-3-2-4-8-13/h2-10H,12H2,1H3. The summed E-state index contributed by atoms with van der Waals surface area (Å²) < 4.78 is 2.18. The molecule has 0 saturated carbocycles. The first-order chi connectivity index (χ1) is 9.83. The van der Waals surface area contributed by atoms with E-state index in [9.17, 15) is 0 Å². The molecule has 0 atom stereocenters. The molecule has 2 nitrogen and oxygen atoms in total. The number of hydrogen-bond donors (Lipinski definition) is 0. The fourth-order valence-corrected chi connectivity index (χ4v) is 3.39. The molecule has 20 heavy (non-hydrogen) atoms. The van der Waals surface area contributed by atoms with E-state index in [0.717, 1.165) is 5.03 Å². The molecule has 0 amide bonds. The maximum Gasteiger partial charge on any atom is 0.0869 e. The lowest BCUT2D eigenvalue weighted by atomic mass is 10.1. The Morgan fingerprint density at radius 3 is 2.50 bits per heavy atom. The molecular weight excluding hydrogens is 264 g/mol. The highest BCUT2D eigenvalue weighted by Crippen LogP contribution is 2.39. The smallest absolute Gasteiger partial charge is 0.0869 e. The first-order valence-electron chi connectivity index (χ1n) is 6.45. The minimum absolute atomic E-state index is 0.462. The molecule has 2 aromatic carbocycles. The van der Waals surface area contributed by atoms with Gasteiger partial charge in [0.15, 0.2) is 0 Å². The van der Waals surface area contributed by atoms with Crippen LogP contribution in [0.1, 0.15) is 0 Å². The van der Waals surface area contributed by atoms with Gasteiger partial charge in [0, 0.05) is 23.5 Å². The maximum absolute atomic E-state index is 8.87. The van der Waals surface area contributed by atoms with E-state index in [-0.39, 0.29) is 0 Å². The predicted molar refractivity (Wildman–Crippen MR) is 84.7 cm³/mol. The Balaban J connectivity index is 2.30. The van der Waals surface area contributed by atoms with Crippen molar-refractivity contribution in [2.75, 3.05) is 5.75 Å². The maximum atomic E-state index is 8.87. The number of aryl methyl sites for hydroxylation is 1. The van der Waals surface area contributed by atoms with Crippen molar-refractivity contribution in [2.45, 2.75) is 5.03 Å². The van der Waals surface area contributed by atoms with E-state index in [1.165, 1.54) is 22.0 Å². The van der Waals surface area contributed by atoms with Crippen LogP contribution in [0.2, 0.25) is 0 Å². The van der Waals surface area contributed by atoms with Gasteiger partial charge in [0.1, 0.15) is 0 Å². The molecular formula is C17H14N2S. The lowest BCUT2D eigenvalue weighted by molar-refractivity contribution is 0.865. The average molecular weight is 278 g/mol. The molecule has 0 aliphatic carbocycles. The molecule has 3 heteroatoms. The van der Waals surface area contributed by atoms with E-state index < -0.39 is 0 Å². The molecule has 0 N–H and O–H groups in total. The molecule has 0 unspecified atom stereocenters. The summed E-state index contributed by atoms with van der Waals surface area (Å²) >= 11 is 1.60. The Morgan fingerprint density at radius 2 is 1.75 bits per heavy atom. The Kier molecular flexibility index (Phi) is 3.49. The summed E-state index contributed by atoms with van der Waals surface area (Å²) in [5.74, 6) is 0.462. The van der Waals surface area contributed by atoms with Crippen LogP contribution in [0.25, 0.3) is 22.0 Å². The van der Waals surface area contributed by atoms with Crippen LogP contribution in [0.5, 0.6) is 0 Å². The van der Waals surface area contributed by atoms with Gasteiger partial charge in [-0.2, -0.15) is 5.26 Å². The number of thioether (sulfide) groups is 1. The second-order valence-electron chi connectivity index (χ2n) is 4.57. The summed E-state index contributed by atoms with van der Waals surface area (Å²) in [6, 6.07) is 21.0. The number of aromatic nitrogens is 1. The fraction of sp³-hybridized carbons (Fsp3) is 0.118. The Morgan fingerprint density at radius 1 is 1.05 bits per heavy atom. The van der Waals surface area contributed by atoms with Gasteiger partial charge < -0.3 is 4.57 Å². The summed E-state index contributed by atoms with van der Waals surface area (Å²) in [6.07, 6.45) is 0. The highest BCUT2D eigenvalue weighted by atomic mass is 32.2. The van der Waals surface area contributed by atoms with Crippen LogP contribution in [0.3, 0.4) is 0 Å². The van der Waals surface area contributed by atoms with Crippen molar-refractivity contribution in [1.82, 2.24) is 4.57 Å². The molecule has 0 spiro atoms. The second-order valence-corrected chi connectivity index (χ2v) is 5.53. The largest absolute Gasteiger partial charge is 0.338 e. The van der Waals surface area contributed by atoms with Crippen molar-refractivity contribution < 1.29 is 0 Å². The quantitative estimate of drug-likeness (QED) is 0.662. The monoisotopic (exact) mass is 278 g/mol. The Bertz CT molecular complexity index is 782. The normalized spacial score (nSPS) is 10.6. The zero-order valence-corrected chi connectivity index (χ0v) is 12.0. The van der Waals surface area contributed by atoms with E-state index >= 15 is 0 Å². The van der Waals surface area contributed by atoms with Crippen molar-refractivity contribution in [3.8, 4) is 17.2 Å². The lowest BCUT2D eigenvalue weighted by Crippen LogP contribution is -1.91. The van der Waals surface area contributed by atoms with Crippen LogP contribution in [-0.2, 0) is 7.05 Å². The van der Waals surface area contributed by atoms with E-state index in [0.29, 0.717) is 5.75 Å². The first-order valence-corrected chi connectivity index (χ1v) is 7.44. The number of nitriles is 1. The number of benzene rings is 2. The third-order valence-corrected chi connectivity index (χ3v) is 4.41. The molecule has 98 valence electrons. The third kappa shape index (κ3) is 2.09. The number of fused-ring (bicyclic) bond motifs is 1. The van der Waals surface area contributed by atoms with Crippen molar-refractivity contribution >= 4 is 22.7 Å². The van der Waals surface area contributed by atoms with Crippen molar-refractivity contribution in [1.29, 1.82) is 5.26 Å². The molecule has 1 heterocycles. The number of rotatable bonds is 3. The molecule has 0 bridgehead atoms. The van der Waals surface area contributed by atoms with E-state index in [4.69, 9.17) is 5.26 Å². The van der Waals surface area contributed by atoms with Gasteiger partial charge in [0.05, 0.1) is 16.8 Å². The summed E-state index contributed by atoms with van der Waals surface area (Å²) in [7, 11) is 2.06. The van der Waals surface area contributed by atoms with E-state index in [1.807, 2.05) is 6.07 Å². The van der Waals surface area contributed by atoms with Gasteiger partial charge >= 0.3 is 0 Å². The van der Waals surface area contributed by atoms with Gasteiger partial charge in [-0.05, 0) is 11.6 Å². The average Bonchev–Trinajstić information content (AvgIpc) is 2.79. The van der Waals surface area contributed by atoms with Crippen molar-refractivity contribution in [3.05, 3.63) is 54.6 Å². The molecule has 0 aliphatic rings. The fourth-order valence-electron chi connectivity index (χ4n) is 2.52. The summed E-state index contributed by atoms with van der Waals surface area (Å²) in [5.41, 5.74) is 3.63. The van der Waals surface area contributed by atoms with Gasteiger partial charge in [-0.3, -0.25) is 0 Å². The zero-order chi connectivity index (χ0) is 13.9. The van der Waals surface area contributed by atoms with Crippen molar-refractivity contribution in [3.63, 3.8) is 0 Å². The highest BCUT2D eigenvalue weighted by molar-refractivity contribution is 7.99. The lowest BCUT2D eigenvalue weighted by Gasteiger charge is -2.05. The molecule has 0 fully saturated rings. The molecule has 0 aliphatic heterocycles. The molecule has 1 aromatic heterocycles. The van der Waals surface area contributed by atoms with Crippen LogP contribution in [0, 0.1) is 11.3 Å². The van der Waals surface area contributed by atoms with Gasteiger partial charge in [-0.1, -0.05) is 60.3 Å². The zero-order valence-electron chi connectivity index (χ0n) is 11.2. The van der Waals surface area contributed by atoms with Crippen LogP contribution in [0.15, 0.2) is 59.6 Å². The van der Waals surface area contributed by atoms with Crippen LogP contribution >= 0.6 is 11.8 Å². The molecule has 3 aromatic rings. The Labute approximate surface area is 122 Å². The van der Waals surface area contributed by atoms with Gasteiger partial charge in [0.2, 0.25) is 0 Å². The summed E-state index contributed by atoms with van der Waals surface area (Å²) in [4.78, 5) is 0. The van der Waals surface area contributed by atoms with Gasteiger partial charge in [-0.15, -0.1) is 0 Å². The van der Waals surface area contributed by atoms with Crippen LogP contribution in [0.4, 0.5) is 0 Å². The summed E-state index contributed by atoms with van der Waals surface area (Å²) in [5, 5.41) is 11.3. The number of hydrogen-bond acceptors (Lipinski definition) is 2. The number of para-hydroxylation sites is 1. The molecule has 0 radical (unpaired) electrons. The highest BCUT2D eigenvalue weighted by Gasteiger charge is 2.16. The van der Waals surface area contributed by atoms with Crippen LogP contribution in [-0.4, -0.2) is 10.3 Å². The SMILES string of the molecule is Cn1c(SCC#N)c(-c2ccccc2)c2ccccc21. The van der Waals surface area contributed by atoms with Crippen LogP contribution < -0.4 is 0 Å². The Hall–Kier alpha value is -2.18. The van der Waals surface area contributed by atoms with Crippen molar-refractivity contribution in [2.24, 2.45) is 7.05 Å². The third-order valence-electron chi connectivity index (χ3n) is 3.39. The van der Waals surface area contributed by atoms with E-state index in [2.05, 4.69) is 66.2 Å². The number of nitrogens with zero attached hydrogens (tertiary/aromatic N) is 2. The minimum Gasteiger partial charge on any atom is -0.338 e. The molecule has 3 rings (SSSR count). The summed E-state index contributed by atoms with van der Waals surface area (Å²) in [6.45, 7) is 0. The minimum atomic E-state index is 0.462. The molecule has 0 saturated heterocycles. The topological polar surface area (TPSA) is 28.7 Å². The first kappa shape index (κ1) is 12.8. The van der Waals surface area contributed by atoms with E-state index in [1.54, 1.807) is 11.8 Å².